The number of aromatic nitrogens is 1. The summed E-state index contributed by atoms with van der Waals surface area (Å²) in [5.41, 5.74) is 1.61. The maximum absolute atomic E-state index is 12.0. The van der Waals surface area contributed by atoms with Gasteiger partial charge in [-0.3, -0.25) is 0 Å². The third-order valence-electron chi connectivity index (χ3n) is 6.80. The van der Waals surface area contributed by atoms with Crippen molar-refractivity contribution in [1.29, 1.82) is 0 Å². The lowest BCUT2D eigenvalue weighted by atomic mass is 9.84. The molecule has 4 rings (SSSR count). The summed E-state index contributed by atoms with van der Waals surface area (Å²) < 4.78 is 10.9. The Morgan fingerprint density at radius 2 is 1.84 bits per heavy atom. The normalized spacial score (nSPS) is 23.7. The minimum absolute atomic E-state index is 0.263. The number of carbonyl (C=O) groups is 1. The molecule has 1 amide bonds. The molecule has 2 aromatic rings. The number of piperidine rings is 1. The Balaban J connectivity index is 1.15. The first-order valence-electron chi connectivity index (χ1n) is 11.9. The highest BCUT2D eigenvalue weighted by atomic mass is 16.6. The Labute approximate surface area is 185 Å². The number of carbonyl (C=O) groups excluding carboxylic acids is 1. The van der Waals surface area contributed by atoms with Crippen molar-refractivity contribution in [2.24, 2.45) is 5.92 Å². The number of likely N-dealkylation sites (tertiary alicyclic amines) is 1. The van der Waals surface area contributed by atoms with E-state index in [9.17, 15) is 4.79 Å². The van der Waals surface area contributed by atoms with E-state index in [2.05, 4.69) is 27.5 Å². The molecule has 170 valence electrons. The number of ether oxygens (including phenoxy) is 1. The molecule has 1 saturated heterocycles. The van der Waals surface area contributed by atoms with E-state index in [1.807, 2.05) is 32.9 Å². The quantitative estimate of drug-likeness (QED) is 0.684. The van der Waals surface area contributed by atoms with Gasteiger partial charge in [0.05, 0.1) is 5.69 Å². The predicted molar refractivity (Wildman–Crippen MR) is 122 cm³/mol. The minimum Gasteiger partial charge on any atom is -0.444 e. The van der Waals surface area contributed by atoms with Crippen LogP contribution in [0, 0.1) is 5.92 Å². The molecule has 1 saturated carbocycles. The predicted octanol–water partition coefficient (Wildman–Crippen LogP) is 5.48. The first-order valence-corrected chi connectivity index (χ1v) is 11.9. The molecule has 0 atom stereocenters. The van der Waals surface area contributed by atoms with Gasteiger partial charge in [0, 0.05) is 17.3 Å². The van der Waals surface area contributed by atoms with Crippen molar-refractivity contribution in [1.82, 2.24) is 15.4 Å². The monoisotopic (exact) mass is 427 g/mol. The van der Waals surface area contributed by atoms with Gasteiger partial charge in [-0.1, -0.05) is 17.3 Å². The van der Waals surface area contributed by atoms with Gasteiger partial charge in [0.15, 0.2) is 5.58 Å². The largest absolute Gasteiger partial charge is 0.444 e. The van der Waals surface area contributed by atoms with Crippen LogP contribution in [0.3, 0.4) is 0 Å². The van der Waals surface area contributed by atoms with Crippen LogP contribution in [0.25, 0.3) is 11.0 Å². The van der Waals surface area contributed by atoms with Gasteiger partial charge in [-0.15, -0.1) is 0 Å². The summed E-state index contributed by atoms with van der Waals surface area (Å²) in [5.74, 6) is 1.28. The molecule has 2 fully saturated rings. The number of alkyl carbamates (subject to hydrolysis) is 1. The Hall–Kier alpha value is -2.08. The summed E-state index contributed by atoms with van der Waals surface area (Å²) in [6.45, 7) is 9.17. The van der Waals surface area contributed by atoms with E-state index < -0.39 is 5.60 Å². The lowest BCUT2D eigenvalue weighted by Gasteiger charge is -2.34. The second-order valence-electron chi connectivity index (χ2n) is 10.3. The van der Waals surface area contributed by atoms with E-state index in [4.69, 9.17) is 9.26 Å². The number of hydrogen-bond acceptors (Lipinski definition) is 5. The molecule has 31 heavy (non-hydrogen) atoms. The summed E-state index contributed by atoms with van der Waals surface area (Å²) in [5, 5.41) is 8.60. The van der Waals surface area contributed by atoms with Crippen LogP contribution in [0.2, 0.25) is 0 Å². The summed E-state index contributed by atoms with van der Waals surface area (Å²) in [6, 6.07) is 8.45. The Kier molecular flexibility index (Phi) is 6.85. The maximum atomic E-state index is 12.0. The van der Waals surface area contributed by atoms with Crippen molar-refractivity contribution in [2.45, 2.75) is 83.3 Å². The van der Waals surface area contributed by atoms with Gasteiger partial charge in [0.1, 0.15) is 5.60 Å². The topological polar surface area (TPSA) is 67.6 Å². The average molecular weight is 428 g/mol. The molecule has 6 nitrogen and oxygen atoms in total. The van der Waals surface area contributed by atoms with Crippen LogP contribution < -0.4 is 5.32 Å². The minimum atomic E-state index is -0.435. The molecule has 1 aliphatic carbocycles. The molecule has 2 heterocycles. The fourth-order valence-electron chi connectivity index (χ4n) is 5.06. The molecule has 0 spiro atoms. The molecule has 2 aliphatic rings. The molecule has 1 N–H and O–H groups in total. The summed E-state index contributed by atoms with van der Waals surface area (Å²) >= 11 is 0. The van der Waals surface area contributed by atoms with Crippen molar-refractivity contribution < 1.29 is 14.1 Å². The van der Waals surface area contributed by atoms with Crippen molar-refractivity contribution >= 4 is 17.1 Å². The summed E-state index contributed by atoms with van der Waals surface area (Å²) in [6.07, 6.45) is 7.81. The van der Waals surface area contributed by atoms with E-state index >= 15 is 0 Å². The maximum Gasteiger partial charge on any atom is 0.407 e. The smallest absolute Gasteiger partial charge is 0.407 e. The molecular formula is C25H37N3O3. The second-order valence-corrected chi connectivity index (χ2v) is 10.3. The number of hydrogen-bond donors (Lipinski definition) is 1. The van der Waals surface area contributed by atoms with E-state index in [-0.39, 0.29) is 12.1 Å². The van der Waals surface area contributed by atoms with Gasteiger partial charge in [0.25, 0.3) is 0 Å². The van der Waals surface area contributed by atoms with Gasteiger partial charge in [-0.25, -0.2) is 4.79 Å². The number of nitrogens with one attached hydrogen (secondary N) is 1. The van der Waals surface area contributed by atoms with Crippen LogP contribution >= 0.6 is 0 Å². The molecular weight excluding hydrogens is 390 g/mol. The highest BCUT2D eigenvalue weighted by Crippen LogP contribution is 2.33. The lowest BCUT2D eigenvalue weighted by Crippen LogP contribution is -2.41. The van der Waals surface area contributed by atoms with E-state index in [1.54, 1.807) is 0 Å². The number of para-hydroxylation sites is 1. The Bertz CT molecular complexity index is 856. The summed E-state index contributed by atoms with van der Waals surface area (Å²) in [4.78, 5) is 14.6. The number of nitrogens with zero attached hydrogens (tertiary/aromatic N) is 2. The zero-order valence-electron chi connectivity index (χ0n) is 19.2. The standard InChI is InChI=1S/C25H37N3O3/c1-25(2,3)30-24(29)26-20-10-8-18(9-11-20)12-15-28-16-13-19(14-17-28)23-21-6-4-5-7-22(21)31-27-23/h4-7,18-20H,8-17H2,1-3H3,(H,26,29)/t18-,20-. The van der Waals surface area contributed by atoms with Crippen LogP contribution in [0.15, 0.2) is 28.8 Å². The molecule has 1 aliphatic heterocycles. The van der Waals surface area contributed by atoms with Crippen LogP contribution in [0.1, 0.15) is 77.3 Å². The fraction of sp³-hybridized carbons (Fsp3) is 0.680. The summed E-state index contributed by atoms with van der Waals surface area (Å²) in [7, 11) is 0. The van der Waals surface area contributed by atoms with Gasteiger partial charge in [-0.05, 0) is 103 Å². The first kappa shape index (κ1) is 22.1. The average Bonchev–Trinajstić information content (AvgIpc) is 3.16. The molecule has 0 radical (unpaired) electrons. The van der Waals surface area contributed by atoms with Crippen molar-refractivity contribution in [2.75, 3.05) is 19.6 Å². The van der Waals surface area contributed by atoms with Crippen molar-refractivity contribution in [3.8, 4) is 0 Å². The molecule has 0 unspecified atom stereocenters. The number of benzene rings is 1. The number of fused-ring (bicyclic) bond motifs is 1. The van der Waals surface area contributed by atoms with E-state index in [0.29, 0.717) is 5.92 Å². The number of rotatable bonds is 5. The first-order chi connectivity index (χ1) is 14.9. The van der Waals surface area contributed by atoms with Crippen LogP contribution in [0.5, 0.6) is 0 Å². The zero-order valence-corrected chi connectivity index (χ0v) is 19.2. The highest BCUT2D eigenvalue weighted by molar-refractivity contribution is 5.79. The van der Waals surface area contributed by atoms with Crippen LogP contribution in [-0.2, 0) is 4.74 Å². The lowest BCUT2D eigenvalue weighted by molar-refractivity contribution is 0.0485. The van der Waals surface area contributed by atoms with Gasteiger partial charge in [-0.2, -0.15) is 0 Å². The van der Waals surface area contributed by atoms with E-state index in [0.717, 1.165) is 56.0 Å². The second kappa shape index (κ2) is 9.60. The third-order valence-corrected chi connectivity index (χ3v) is 6.80. The van der Waals surface area contributed by atoms with Crippen molar-refractivity contribution in [3.63, 3.8) is 0 Å². The zero-order chi connectivity index (χ0) is 21.8. The third kappa shape index (κ3) is 6.00. The Morgan fingerprint density at radius 1 is 1.13 bits per heavy atom. The molecule has 1 aromatic heterocycles. The highest BCUT2D eigenvalue weighted by Gasteiger charge is 2.27. The SMILES string of the molecule is CC(C)(C)OC(=O)N[C@H]1CC[C@H](CCN2CCC(c3noc4ccccc34)CC2)CC1. The number of amides is 1. The van der Waals surface area contributed by atoms with Gasteiger partial charge < -0.3 is 19.5 Å². The van der Waals surface area contributed by atoms with Crippen LogP contribution in [0.4, 0.5) is 4.79 Å². The molecule has 0 bridgehead atoms. The molecule has 1 aromatic carbocycles. The van der Waals surface area contributed by atoms with Gasteiger partial charge >= 0.3 is 6.09 Å². The van der Waals surface area contributed by atoms with E-state index in [1.165, 1.54) is 31.2 Å². The Morgan fingerprint density at radius 3 is 2.55 bits per heavy atom. The van der Waals surface area contributed by atoms with Crippen LogP contribution in [-0.4, -0.2) is 47.4 Å². The molecule has 6 heteroatoms. The van der Waals surface area contributed by atoms with Gasteiger partial charge in [0.2, 0.25) is 0 Å². The van der Waals surface area contributed by atoms with Crippen molar-refractivity contribution in [3.05, 3.63) is 30.0 Å². The fourth-order valence-corrected chi connectivity index (χ4v) is 5.06.